The first kappa shape index (κ1) is 18.9. The van der Waals surface area contributed by atoms with Gasteiger partial charge in [0, 0.05) is 17.8 Å². The van der Waals surface area contributed by atoms with E-state index in [1.807, 2.05) is 0 Å². The molecule has 28 heavy (non-hydrogen) atoms. The van der Waals surface area contributed by atoms with E-state index in [9.17, 15) is 22.8 Å². The van der Waals surface area contributed by atoms with E-state index in [0.29, 0.717) is 6.42 Å². The van der Waals surface area contributed by atoms with E-state index in [0.717, 1.165) is 31.4 Å². The third-order valence-corrected chi connectivity index (χ3v) is 5.46. The third kappa shape index (κ3) is 2.95. The van der Waals surface area contributed by atoms with Gasteiger partial charge in [0.05, 0.1) is 6.04 Å². The second kappa shape index (κ2) is 6.84. The lowest BCUT2D eigenvalue weighted by atomic mass is 9.84. The van der Waals surface area contributed by atoms with E-state index >= 15 is 0 Å². The Balaban J connectivity index is 1.78. The lowest BCUT2D eigenvalue weighted by molar-refractivity contribution is -0.202. The molecule has 1 spiro atoms. The van der Waals surface area contributed by atoms with Crippen molar-refractivity contribution in [2.24, 2.45) is 0 Å². The Hall–Kier alpha value is -2.49. The lowest BCUT2D eigenvalue weighted by Crippen LogP contribution is -2.75. The lowest BCUT2D eigenvalue weighted by Gasteiger charge is -2.54. The minimum atomic E-state index is -3.16. The number of hydrogen-bond acceptors (Lipinski definition) is 7. The van der Waals surface area contributed by atoms with Crippen molar-refractivity contribution in [3.05, 3.63) is 24.0 Å². The van der Waals surface area contributed by atoms with Crippen molar-refractivity contribution in [1.29, 1.82) is 0 Å². The summed E-state index contributed by atoms with van der Waals surface area (Å²) < 4.78 is 54.1. The zero-order valence-corrected chi connectivity index (χ0v) is 15.0. The number of anilines is 1. The van der Waals surface area contributed by atoms with Gasteiger partial charge in [-0.3, -0.25) is 4.90 Å². The molecule has 0 amide bonds. The second-order valence-electron chi connectivity index (χ2n) is 7.12. The van der Waals surface area contributed by atoms with E-state index in [-0.39, 0.29) is 17.8 Å². The number of rotatable bonds is 3. The van der Waals surface area contributed by atoms with Crippen LogP contribution < -0.4 is 15.0 Å². The third-order valence-electron chi connectivity index (χ3n) is 5.46. The van der Waals surface area contributed by atoms with Crippen molar-refractivity contribution in [2.45, 2.75) is 63.3 Å². The number of nitrogens with zero attached hydrogens (tertiary/aromatic N) is 1. The number of carbonyl (C=O) groups excluding carboxylic acids is 2. The van der Waals surface area contributed by atoms with Gasteiger partial charge in [-0.1, -0.05) is 12.8 Å². The molecule has 1 saturated carbocycles. The fraction of sp³-hybridized carbons (Fsp3) is 0.556. The van der Waals surface area contributed by atoms with Crippen LogP contribution in [0.15, 0.2) is 18.2 Å². The number of esters is 2. The molecule has 0 aromatic heterocycles. The van der Waals surface area contributed by atoms with E-state index in [1.165, 1.54) is 6.07 Å². The topological polar surface area (TPSA) is 77.1 Å². The predicted molar refractivity (Wildman–Crippen MR) is 89.1 cm³/mol. The van der Waals surface area contributed by atoms with Gasteiger partial charge in [0.25, 0.3) is 0 Å². The van der Waals surface area contributed by atoms with E-state index in [4.69, 9.17) is 9.47 Å². The molecule has 3 aliphatic rings. The summed E-state index contributed by atoms with van der Waals surface area (Å²) in [7, 11) is 0. The van der Waals surface area contributed by atoms with Crippen LogP contribution in [-0.2, 0) is 19.1 Å². The molecule has 4 rings (SSSR count). The normalized spacial score (nSPS) is 28.9. The molecule has 2 aliphatic heterocycles. The van der Waals surface area contributed by atoms with Crippen LogP contribution in [0, 0.1) is 5.82 Å². The van der Waals surface area contributed by atoms with Crippen LogP contribution in [0.3, 0.4) is 0 Å². The molecule has 3 atom stereocenters. The number of carbonyl (C=O) groups is 2. The molecule has 2 saturated heterocycles. The molecule has 7 nitrogen and oxygen atoms in total. The van der Waals surface area contributed by atoms with Gasteiger partial charge in [0.1, 0.15) is 6.04 Å². The SMILES string of the molecule is C[C@H]1N[C@@H]2CCCC[C@H]2N(c2ccc(OC(F)F)c(F)c2)C12OC(=O)C(=O)O2. The van der Waals surface area contributed by atoms with Gasteiger partial charge in [-0.2, -0.15) is 8.78 Å². The minimum Gasteiger partial charge on any atom is -0.432 e. The standard InChI is InChI=1S/C18H19F3N2O5/c1-9-18(27-15(24)16(25)28-18)23(13-5-3-2-4-12(13)22-9)10-6-7-14(11(19)8-10)26-17(20)21/h6-9,12-13,17,22H,2-5H2,1H3/t9-,12-,13-/m1/s1. The van der Waals surface area contributed by atoms with Gasteiger partial charge >= 0.3 is 24.5 Å². The van der Waals surface area contributed by atoms with E-state index in [2.05, 4.69) is 10.1 Å². The van der Waals surface area contributed by atoms with Crippen molar-refractivity contribution in [2.75, 3.05) is 4.90 Å². The molecule has 1 aliphatic carbocycles. The number of alkyl halides is 2. The highest BCUT2D eigenvalue weighted by Crippen LogP contribution is 2.43. The van der Waals surface area contributed by atoms with Crippen molar-refractivity contribution >= 4 is 17.6 Å². The average molecular weight is 400 g/mol. The van der Waals surface area contributed by atoms with Gasteiger partial charge in [0.2, 0.25) is 0 Å². The Morgan fingerprint density at radius 2 is 1.89 bits per heavy atom. The fourth-order valence-corrected chi connectivity index (χ4v) is 4.33. The number of halogens is 3. The van der Waals surface area contributed by atoms with Crippen molar-refractivity contribution in [3.8, 4) is 5.75 Å². The Kier molecular flexibility index (Phi) is 4.60. The number of hydrogen-bond donors (Lipinski definition) is 1. The van der Waals surface area contributed by atoms with Gasteiger partial charge in [-0.25, -0.2) is 14.0 Å². The average Bonchev–Trinajstić information content (AvgIpc) is 2.93. The largest absolute Gasteiger partial charge is 0.432 e. The molecule has 152 valence electrons. The summed E-state index contributed by atoms with van der Waals surface area (Å²) >= 11 is 0. The minimum absolute atomic E-state index is 0.00688. The summed E-state index contributed by atoms with van der Waals surface area (Å²) in [4.78, 5) is 25.3. The molecule has 1 aromatic rings. The maximum absolute atomic E-state index is 14.4. The van der Waals surface area contributed by atoms with Gasteiger partial charge < -0.3 is 19.5 Å². The monoisotopic (exact) mass is 400 g/mol. The number of nitrogens with one attached hydrogen (secondary N) is 1. The molecular formula is C18H19F3N2O5. The first-order valence-electron chi connectivity index (χ1n) is 9.08. The molecule has 10 heteroatoms. The molecular weight excluding hydrogens is 381 g/mol. The Labute approximate surface area is 158 Å². The second-order valence-corrected chi connectivity index (χ2v) is 7.12. The maximum atomic E-state index is 14.4. The summed E-state index contributed by atoms with van der Waals surface area (Å²) in [6, 6.07) is 2.64. The van der Waals surface area contributed by atoms with Crippen LogP contribution in [0.1, 0.15) is 32.6 Å². The summed E-state index contributed by atoms with van der Waals surface area (Å²) in [5, 5.41) is 3.33. The summed E-state index contributed by atoms with van der Waals surface area (Å²) in [6.45, 7) is -1.46. The first-order chi connectivity index (χ1) is 13.3. The van der Waals surface area contributed by atoms with Crippen LogP contribution in [0.25, 0.3) is 0 Å². The zero-order valence-electron chi connectivity index (χ0n) is 15.0. The zero-order chi connectivity index (χ0) is 20.1. The number of benzene rings is 1. The number of piperazine rings is 1. The molecule has 0 bridgehead atoms. The number of ether oxygens (including phenoxy) is 3. The van der Waals surface area contributed by atoms with Crippen LogP contribution >= 0.6 is 0 Å². The van der Waals surface area contributed by atoms with Crippen LogP contribution in [0.5, 0.6) is 5.75 Å². The Morgan fingerprint density at radius 1 is 1.21 bits per heavy atom. The summed E-state index contributed by atoms with van der Waals surface area (Å²) in [6.07, 6.45) is 3.42. The molecule has 0 radical (unpaired) electrons. The molecule has 3 fully saturated rings. The highest BCUT2D eigenvalue weighted by atomic mass is 19.3. The maximum Gasteiger partial charge on any atom is 0.422 e. The molecule has 2 heterocycles. The van der Waals surface area contributed by atoms with Crippen LogP contribution in [-0.4, -0.2) is 42.6 Å². The van der Waals surface area contributed by atoms with Gasteiger partial charge in [0.15, 0.2) is 11.6 Å². The predicted octanol–water partition coefficient (Wildman–Crippen LogP) is 2.29. The highest BCUT2D eigenvalue weighted by molar-refractivity contribution is 6.31. The van der Waals surface area contributed by atoms with Gasteiger partial charge in [-0.05, 0) is 31.9 Å². The quantitative estimate of drug-likeness (QED) is 0.616. The summed E-state index contributed by atoms with van der Waals surface area (Å²) in [5.41, 5.74) is 0.242. The number of fused-ring (bicyclic) bond motifs is 1. The Bertz CT molecular complexity index is 789. The van der Waals surface area contributed by atoms with Gasteiger partial charge in [-0.15, -0.1) is 0 Å². The molecule has 1 aromatic carbocycles. The van der Waals surface area contributed by atoms with Crippen LogP contribution in [0.2, 0.25) is 0 Å². The van der Waals surface area contributed by atoms with Crippen molar-refractivity contribution in [1.82, 2.24) is 5.32 Å². The first-order valence-corrected chi connectivity index (χ1v) is 9.08. The Morgan fingerprint density at radius 3 is 2.54 bits per heavy atom. The summed E-state index contributed by atoms with van der Waals surface area (Å²) in [5.74, 6) is -5.64. The van der Waals surface area contributed by atoms with Crippen molar-refractivity contribution < 1.29 is 37.0 Å². The molecule has 0 unspecified atom stereocenters. The van der Waals surface area contributed by atoms with E-state index < -0.39 is 42.1 Å². The van der Waals surface area contributed by atoms with Crippen molar-refractivity contribution in [3.63, 3.8) is 0 Å². The molecule has 1 N–H and O–H groups in total. The highest BCUT2D eigenvalue weighted by Gasteiger charge is 2.62. The smallest absolute Gasteiger partial charge is 0.422 e. The van der Waals surface area contributed by atoms with Crippen LogP contribution in [0.4, 0.5) is 18.9 Å². The van der Waals surface area contributed by atoms with E-state index in [1.54, 1.807) is 11.8 Å². The fourth-order valence-electron chi connectivity index (χ4n) is 4.33.